The SMILES string of the molecule is CCC(C)C(NC(=O)OCC1c2ccccc2-c2ccccc21)C(=O)N(CC(=O)O)Cc1ccccc1. The zero-order valence-corrected chi connectivity index (χ0v) is 21.1. The van der Waals surface area contributed by atoms with Crippen LogP contribution in [-0.4, -0.2) is 47.2 Å². The minimum absolute atomic E-state index is 0.0995. The van der Waals surface area contributed by atoms with Crippen LogP contribution in [0.5, 0.6) is 0 Å². The maximum Gasteiger partial charge on any atom is 0.407 e. The van der Waals surface area contributed by atoms with E-state index in [2.05, 4.69) is 17.4 Å². The van der Waals surface area contributed by atoms with Crippen molar-refractivity contribution in [3.05, 3.63) is 95.6 Å². The van der Waals surface area contributed by atoms with E-state index >= 15 is 0 Å². The van der Waals surface area contributed by atoms with Crippen LogP contribution in [0.4, 0.5) is 4.79 Å². The second-order valence-electron chi connectivity index (χ2n) is 9.41. The smallest absolute Gasteiger partial charge is 0.407 e. The third-order valence-corrected chi connectivity index (χ3v) is 6.95. The summed E-state index contributed by atoms with van der Waals surface area (Å²) >= 11 is 0. The highest BCUT2D eigenvalue weighted by Crippen LogP contribution is 2.44. The van der Waals surface area contributed by atoms with E-state index in [0.717, 1.165) is 27.8 Å². The van der Waals surface area contributed by atoms with Crippen LogP contribution in [0.1, 0.15) is 42.9 Å². The molecule has 1 aliphatic carbocycles. The fourth-order valence-electron chi connectivity index (χ4n) is 4.83. The summed E-state index contributed by atoms with van der Waals surface area (Å²) in [4.78, 5) is 39.2. The summed E-state index contributed by atoms with van der Waals surface area (Å²) in [6, 6.07) is 24.4. The van der Waals surface area contributed by atoms with Crippen molar-refractivity contribution in [2.24, 2.45) is 5.92 Å². The van der Waals surface area contributed by atoms with E-state index in [1.807, 2.05) is 80.6 Å². The topological polar surface area (TPSA) is 95.9 Å². The number of nitrogens with zero attached hydrogens (tertiary/aromatic N) is 1. The second kappa shape index (κ2) is 11.7. The van der Waals surface area contributed by atoms with Gasteiger partial charge in [0.05, 0.1) is 0 Å². The van der Waals surface area contributed by atoms with E-state index in [1.165, 1.54) is 4.90 Å². The number of carbonyl (C=O) groups excluding carboxylic acids is 2. The predicted molar refractivity (Wildman–Crippen MR) is 141 cm³/mol. The number of rotatable bonds is 10. The van der Waals surface area contributed by atoms with Gasteiger partial charge in [-0.15, -0.1) is 0 Å². The minimum Gasteiger partial charge on any atom is -0.480 e. The van der Waals surface area contributed by atoms with Crippen molar-refractivity contribution in [1.82, 2.24) is 10.2 Å². The van der Waals surface area contributed by atoms with Gasteiger partial charge < -0.3 is 20.1 Å². The van der Waals surface area contributed by atoms with Crippen molar-refractivity contribution < 1.29 is 24.2 Å². The summed E-state index contributed by atoms with van der Waals surface area (Å²) in [5.74, 6) is -1.89. The molecular formula is C30H32N2O5. The van der Waals surface area contributed by atoms with Crippen LogP contribution in [0.15, 0.2) is 78.9 Å². The number of carboxylic acid groups (broad SMARTS) is 1. The van der Waals surface area contributed by atoms with Gasteiger partial charge in [-0.1, -0.05) is 99.1 Å². The van der Waals surface area contributed by atoms with Gasteiger partial charge in [-0.25, -0.2) is 4.79 Å². The molecule has 0 radical (unpaired) electrons. The molecule has 7 heteroatoms. The first-order valence-electron chi connectivity index (χ1n) is 12.5. The Hall–Kier alpha value is -4.13. The third-order valence-electron chi connectivity index (χ3n) is 6.95. The monoisotopic (exact) mass is 500 g/mol. The Morgan fingerprint density at radius 1 is 0.919 bits per heavy atom. The Morgan fingerprint density at radius 3 is 2.05 bits per heavy atom. The van der Waals surface area contributed by atoms with Crippen LogP contribution < -0.4 is 5.32 Å². The fraction of sp³-hybridized carbons (Fsp3) is 0.300. The Balaban J connectivity index is 1.47. The molecule has 2 amide bonds. The van der Waals surface area contributed by atoms with Crippen molar-refractivity contribution in [2.75, 3.05) is 13.2 Å². The molecule has 2 unspecified atom stereocenters. The van der Waals surface area contributed by atoms with Gasteiger partial charge in [-0.2, -0.15) is 0 Å². The molecule has 4 rings (SSSR count). The number of nitrogens with one attached hydrogen (secondary N) is 1. The molecule has 0 heterocycles. The molecule has 0 saturated heterocycles. The summed E-state index contributed by atoms with van der Waals surface area (Å²) < 4.78 is 5.66. The highest BCUT2D eigenvalue weighted by molar-refractivity contribution is 5.88. The van der Waals surface area contributed by atoms with E-state index in [4.69, 9.17) is 4.74 Å². The first kappa shape index (κ1) is 25.9. The van der Waals surface area contributed by atoms with Crippen LogP contribution >= 0.6 is 0 Å². The number of alkyl carbamates (subject to hydrolysis) is 1. The van der Waals surface area contributed by atoms with Crippen LogP contribution in [0.2, 0.25) is 0 Å². The molecule has 0 aromatic heterocycles. The Bertz CT molecular complexity index is 1210. The highest BCUT2D eigenvalue weighted by Gasteiger charge is 2.33. The first-order valence-corrected chi connectivity index (χ1v) is 12.5. The minimum atomic E-state index is -1.12. The molecule has 0 saturated carbocycles. The molecule has 7 nitrogen and oxygen atoms in total. The van der Waals surface area contributed by atoms with Gasteiger partial charge >= 0.3 is 12.1 Å². The predicted octanol–water partition coefficient (Wildman–Crippen LogP) is 5.05. The van der Waals surface area contributed by atoms with Gasteiger partial charge in [0.2, 0.25) is 5.91 Å². The summed E-state index contributed by atoms with van der Waals surface area (Å²) in [5.41, 5.74) is 5.26. The lowest BCUT2D eigenvalue weighted by molar-refractivity contribution is -0.146. The first-order chi connectivity index (χ1) is 17.9. The van der Waals surface area contributed by atoms with Gasteiger partial charge in [0.15, 0.2) is 0 Å². The average Bonchev–Trinajstić information content (AvgIpc) is 3.23. The lowest BCUT2D eigenvalue weighted by Gasteiger charge is -2.30. The molecule has 0 spiro atoms. The lowest BCUT2D eigenvalue weighted by Crippen LogP contribution is -2.52. The van der Waals surface area contributed by atoms with E-state index in [1.54, 1.807) is 0 Å². The number of hydrogen-bond donors (Lipinski definition) is 2. The molecule has 2 N–H and O–H groups in total. The molecule has 2 atom stereocenters. The molecule has 0 bridgehead atoms. The standard InChI is InChI=1S/C30H32N2O5/c1-3-20(2)28(29(35)32(18-27(33)34)17-21-11-5-4-6-12-21)31-30(36)37-19-26-24-15-9-7-13-22(24)23-14-8-10-16-25(23)26/h4-16,20,26,28H,3,17-19H2,1-2H3,(H,31,36)(H,33,34). The van der Waals surface area contributed by atoms with Crippen LogP contribution in [0.3, 0.4) is 0 Å². The normalized spacial score (nSPS) is 13.7. The summed E-state index contributed by atoms with van der Waals surface area (Å²) in [6.45, 7) is 3.57. The van der Waals surface area contributed by atoms with Crippen molar-refractivity contribution in [2.45, 2.75) is 38.8 Å². The number of benzene rings is 3. The van der Waals surface area contributed by atoms with Gasteiger partial charge in [0, 0.05) is 12.5 Å². The molecule has 1 aliphatic rings. The highest BCUT2D eigenvalue weighted by atomic mass is 16.5. The molecular weight excluding hydrogens is 468 g/mol. The zero-order chi connectivity index (χ0) is 26.4. The molecule has 3 aromatic carbocycles. The van der Waals surface area contributed by atoms with E-state index in [0.29, 0.717) is 6.42 Å². The number of carbonyl (C=O) groups is 3. The van der Waals surface area contributed by atoms with Gasteiger partial charge in [0.1, 0.15) is 19.2 Å². The average molecular weight is 501 g/mol. The number of aliphatic carboxylic acids is 1. The Morgan fingerprint density at radius 2 is 1.49 bits per heavy atom. The summed E-state index contributed by atoms with van der Waals surface area (Å²) in [7, 11) is 0. The Labute approximate surface area is 217 Å². The van der Waals surface area contributed by atoms with Crippen molar-refractivity contribution >= 4 is 18.0 Å². The number of amides is 2. The van der Waals surface area contributed by atoms with Crippen LogP contribution in [0.25, 0.3) is 11.1 Å². The van der Waals surface area contributed by atoms with E-state index in [-0.39, 0.29) is 25.0 Å². The van der Waals surface area contributed by atoms with E-state index < -0.39 is 30.6 Å². The maximum absolute atomic E-state index is 13.5. The molecule has 0 fully saturated rings. The molecule has 0 aliphatic heterocycles. The Kier molecular flexibility index (Phi) is 8.23. The summed E-state index contributed by atoms with van der Waals surface area (Å²) in [6.07, 6.45) is -0.0812. The van der Waals surface area contributed by atoms with E-state index in [9.17, 15) is 19.5 Å². The fourth-order valence-corrected chi connectivity index (χ4v) is 4.83. The quantitative estimate of drug-likeness (QED) is 0.406. The largest absolute Gasteiger partial charge is 0.480 e. The van der Waals surface area contributed by atoms with Crippen molar-refractivity contribution in [1.29, 1.82) is 0 Å². The van der Waals surface area contributed by atoms with Crippen molar-refractivity contribution in [3.8, 4) is 11.1 Å². The van der Waals surface area contributed by atoms with Crippen molar-refractivity contribution in [3.63, 3.8) is 0 Å². The molecule has 192 valence electrons. The second-order valence-corrected chi connectivity index (χ2v) is 9.41. The number of ether oxygens (including phenoxy) is 1. The molecule has 3 aromatic rings. The lowest BCUT2D eigenvalue weighted by atomic mass is 9.97. The number of carboxylic acids is 1. The van der Waals surface area contributed by atoms with Gasteiger partial charge in [-0.3, -0.25) is 9.59 Å². The van der Waals surface area contributed by atoms with Crippen LogP contribution in [0, 0.1) is 5.92 Å². The maximum atomic E-state index is 13.5. The number of hydrogen-bond acceptors (Lipinski definition) is 4. The third kappa shape index (κ3) is 6.00. The van der Waals surface area contributed by atoms with Crippen LogP contribution in [-0.2, 0) is 20.9 Å². The zero-order valence-electron chi connectivity index (χ0n) is 21.1. The summed E-state index contributed by atoms with van der Waals surface area (Å²) in [5, 5.41) is 12.2. The number of fused-ring (bicyclic) bond motifs is 3. The molecule has 37 heavy (non-hydrogen) atoms. The van der Waals surface area contributed by atoms with Gasteiger partial charge in [-0.05, 0) is 33.7 Å². The van der Waals surface area contributed by atoms with Gasteiger partial charge in [0.25, 0.3) is 0 Å².